The predicted molar refractivity (Wildman–Crippen MR) is 98.4 cm³/mol. The minimum Gasteiger partial charge on any atom is -0.488 e. The largest absolute Gasteiger partial charge is 0.488 e. The Morgan fingerprint density at radius 1 is 1.08 bits per heavy atom. The molecule has 8 heteroatoms. The summed E-state index contributed by atoms with van der Waals surface area (Å²) in [5, 5.41) is 0. The van der Waals surface area contributed by atoms with E-state index in [1.807, 2.05) is 13.8 Å². The van der Waals surface area contributed by atoms with E-state index in [9.17, 15) is 12.6 Å². The number of benzene rings is 1. The third kappa shape index (κ3) is 9.94. The zero-order valence-electron chi connectivity index (χ0n) is 15.3. The Labute approximate surface area is 153 Å². The molecule has 1 aromatic rings. The first-order valence-electron chi connectivity index (χ1n) is 8.31. The molecule has 1 atom stereocenters. The van der Waals surface area contributed by atoms with Crippen molar-refractivity contribution in [1.29, 1.82) is 0 Å². The van der Waals surface area contributed by atoms with E-state index >= 15 is 0 Å². The predicted octanol–water partition coefficient (Wildman–Crippen LogP) is 3.44. The first-order valence-corrected chi connectivity index (χ1v) is 11.2. The molecule has 0 fully saturated rings. The van der Waals surface area contributed by atoms with Gasteiger partial charge in [-0.3, -0.25) is 8.37 Å². The van der Waals surface area contributed by atoms with Crippen LogP contribution in [0.4, 0.5) is 0 Å². The SMILES string of the molecule is CCCCCOS(=O)c1ccc(OC(C)(C)CCOS(C)(=O)=O)cc1. The molecule has 0 saturated carbocycles. The summed E-state index contributed by atoms with van der Waals surface area (Å²) >= 11 is -1.48. The fourth-order valence-corrected chi connectivity index (χ4v) is 3.13. The van der Waals surface area contributed by atoms with E-state index in [1.165, 1.54) is 0 Å². The summed E-state index contributed by atoms with van der Waals surface area (Å²) in [6.07, 6.45) is 4.47. The van der Waals surface area contributed by atoms with Crippen LogP contribution < -0.4 is 4.74 Å². The molecular formula is C17H28O6S2. The Bertz CT molecular complexity index is 638. The van der Waals surface area contributed by atoms with Crippen molar-refractivity contribution in [3.63, 3.8) is 0 Å². The summed E-state index contributed by atoms with van der Waals surface area (Å²) in [5.41, 5.74) is -0.595. The molecule has 0 aromatic heterocycles. The lowest BCUT2D eigenvalue weighted by molar-refractivity contribution is 0.0824. The van der Waals surface area contributed by atoms with Crippen LogP contribution in [-0.2, 0) is 29.6 Å². The van der Waals surface area contributed by atoms with Gasteiger partial charge in [0, 0.05) is 6.42 Å². The van der Waals surface area contributed by atoms with Crippen LogP contribution in [0.5, 0.6) is 5.75 Å². The molecule has 1 aromatic carbocycles. The molecule has 0 aliphatic rings. The highest BCUT2D eigenvalue weighted by molar-refractivity contribution is 7.86. The third-order valence-corrected chi connectivity index (χ3v) is 4.98. The molecule has 0 heterocycles. The quantitative estimate of drug-likeness (QED) is 0.400. The lowest BCUT2D eigenvalue weighted by Gasteiger charge is -2.26. The van der Waals surface area contributed by atoms with Crippen LogP contribution in [0.2, 0.25) is 0 Å². The molecular weight excluding hydrogens is 364 g/mol. The average Bonchev–Trinajstić information content (AvgIpc) is 2.50. The van der Waals surface area contributed by atoms with Crippen molar-refractivity contribution in [2.75, 3.05) is 19.5 Å². The van der Waals surface area contributed by atoms with E-state index in [0.717, 1.165) is 25.5 Å². The maximum atomic E-state index is 12.0. The van der Waals surface area contributed by atoms with Crippen LogP contribution in [0.3, 0.4) is 0 Å². The summed E-state index contributed by atoms with van der Waals surface area (Å²) < 4.78 is 49.9. The van der Waals surface area contributed by atoms with E-state index < -0.39 is 26.8 Å². The van der Waals surface area contributed by atoms with Gasteiger partial charge >= 0.3 is 0 Å². The molecule has 6 nitrogen and oxygen atoms in total. The van der Waals surface area contributed by atoms with Crippen LogP contribution in [0.25, 0.3) is 0 Å². The molecule has 0 aliphatic carbocycles. The number of ether oxygens (including phenoxy) is 1. The topological polar surface area (TPSA) is 78.9 Å². The van der Waals surface area contributed by atoms with E-state index in [2.05, 4.69) is 6.92 Å². The highest BCUT2D eigenvalue weighted by Crippen LogP contribution is 2.23. The third-order valence-electron chi connectivity index (χ3n) is 3.35. The Morgan fingerprint density at radius 3 is 2.28 bits per heavy atom. The first kappa shape index (κ1) is 22.1. The first-order chi connectivity index (χ1) is 11.6. The van der Waals surface area contributed by atoms with Crippen LogP contribution in [0.15, 0.2) is 29.2 Å². The maximum absolute atomic E-state index is 12.0. The van der Waals surface area contributed by atoms with Gasteiger partial charge in [-0.15, -0.1) is 0 Å². The Balaban J connectivity index is 2.50. The van der Waals surface area contributed by atoms with Gasteiger partial charge < -0.3 is 4.74 Å². The van der Waals surface area contributed by atoms with E-state index in [-0.39, 0.29) is 6.61 Å². The lowest BCUT2D eigenvalue weighted by Crippen LogP contribution is -2.30. The van der Waals surface area contributed by atoms with Crippen molar-refractivity contribution in [2.24, 2.45) is 0 Å². The van der Waals surface area contributed by atoms with E-state index in [1.54, 1.807) is 24.3 Å². The molecule has 0 bridgehead atoms. The highest BCUT2D eigenvalue weighted by Gasteiger charge is 2.21. The Hall–Kier alpha value is -0.960. The molecule has 25 heavy (non-hydrogen) atoms. The molecule has 1 unspecified atom stereocenters. The highest BCUT2D eigenvalue weighted by atomic mass is 32.2. The fraction of sp³-hybridized carbons (Fsp3) is 0.647. The summed E-state index contributed by atoms with van der Waals surface area (Å²) in [6, 6.07) is 6.85. The average molecular weight is 393 g/mol. The molecule has 0 spiro atoms. The van der Waals surface area contributed by atoms with Crippen molar-refractivity contribution < 1.29 is 25.7 Å². The van der Waals surface area contributed by atoms with Crippen molar-refractivity contribution in [3.8, 4) is 5.75 Å². The number of rotatable bonds is 12. The zero-order valence-corrected chi connectivity index (χ0v) is 17.0. The van der Waals surface area contributed by atoms with Crippen LogP contribution in [0.1, 0.15) is 46.5 Å². The molecule has 0 saturated heterocycles. The summed E-state index contributed by atoms with van der Waals surface area (Å²) in [5.74, 6) is 0.607. The van der Waals surface area contributed by atoms with Crippen molar-refractivity contribution in [2.45, 2.75) is 57.0 Å². The minimum atomic E-state index is -3.45. The van der Waals surface area contributed by atoms with Gasteiger partial charge in [-0.05, 0) is 44.5 Å². The summed E-state index contributed by atoms with van der Waals surface area (Å²) in [6.45, 7) is 6.33. The zero-order chi connectivity index (χ0) is 18.9. The molecule has 0 N–H and O–H groups in total. The number of unbranched alkanes of at least 4 members (excludes halogenated alkanes) is 2. The number of hydrogen-bond acceptors (Lipinski definition) is 6. The van der Waals surface area contributed by atoms with Gasteiger partial charge in [-0.1, -0.05) is 19.8 Å². The summed E-state index contributed by atoms with van der Waals surface area (Å²) in [7, 11) is -3.45. The van der Waals surface area contributed by atoms with Gasteiger partial charge in [0.05, 0.1) is 24.4 Å². The van der Waals surface area contributed by atoms with Gasteiger partial charge in [-0.2, -0.15) is 8.42 Å². The molecule has 0 radical (unpaired) electrons. The Kier molecular flexibility index (Phi) is 9.06. The van der Waals surface area contributed by atoms with Gasteiger partial charge in [0.25, 0.3) is 10.1 Å². The smallest absolute Gasteiger partial charge is 0.264 e. The van der Waals surface area contributed by atoms with Crippen molar-refractivity contribution in [1.82, 2.24) is 0 Å². The minimum absolute atomic E-state index is 0.0551. The van der Waals surface area contributed by atoms with Crippen molar-refractivity contribution in [3.05, 3.63) is 24.3 Å². The van der Waals surface area contributed by atoms with E-state index in [4.69, 9.17) is 13.1 Å². The van der Waals surface area contributed by atoms with Crippen LogP contribution >= 0.6 is 0 Å². The monoisotopic (exact) mass is 392 g/mol. The van der Waals surface area contributed by atoms with Gasteiger partial charge in [0.2, 0.25) is 0 Å². The molecule has 144 valence electrons. The van der Waals surface area contributed by atoms with E-state index in [0.29, 0.717) is 23.7 Å². The lowest BCUT2D eigenvalue weighted by atomic mass is 10.1. The van der Waals surface area contributed by atoms with Gasteiger partial charge in [0.1, 0.15) is 11.4 Å². The second kappa shape index (κ2) is 10.3. The second-order valence-corrected chi connectivity index (χ2v) is 9.19. The maximum Gasteiger partial charge on any atom is 0.264 e. The Morgan fingerprint density at radius 2 is 1.72 bits per heavy atom. The standard InChI is InChI=1S/C17H28O6S2/c1-5-6-7-13-21-24(18)16-10-8-15(9-11-16)23-17(2,3)12-14-22-25(4,19)20/h8-11H,5-7,12-14H2,1-4H3. The molecule has 0 aliphatic heterocycles. The molecule has 0 amide bonds. The van der Waals surface area contributed by atoms with Gasteiger partial charge in [-0.25, -0.2) is 4.21 Å². The number of hydrogen-bond donors (Lipinski definition) is 0. The van der Waals surface area contributed by atoms with Gasteiger partial charge in [0.15, 0.2) is 11.1 Å². The fourth-order valence-electron chi connectivity index (χ4n) is 1.98. The second-order valence-electron chi connectivity index (χ2n) is 6.37. The van der Waals surface area contributed by atoms with Crippen LogP contribution in [0, 0.1) is 0 Å². The summed E-state index contributed by atoms with van der Waals surface area (Å²) in [4.78, 5) is 0.585. The molecule has 1 rings (SSSR count). The normalized spacial score (nSPS) is 13.6. The van der Waals surface area contributed by atoms with Crippen LogP contribution in [-0.4, -0.2) is 37.7 Å². The van der Waals surface area contributed by atoms with Crippen molar-refractivity contribution >= 4 is 21.2 Å².